The molecule has 0 fully saturated rings. The number of nitrogens with one attached hydrogen (secondary N) is 1. The Hall–Kier alpha value is -1.86. The predicted octanol–water partition coefficient (Wildman–Crippen LogP) is 0.781. The smallest absolute Gasteiger partial charge is 0.325 e. The second-order valence-corrected chi connectivity index (χ2v) is 4.02. The zero-order valence-corrected chi connectivity index (χ0v) is 8.78. The molecule has 2 aromatic heterocycles. The molecule has 0 aliphatic carbocycles. The van der Waals surface area contributed by atoms with Crippen LogP contribution in [0.4, 0.5) is 0 Å². The van der Waals surface area contributed by atoms with E-state index in [1.807, 2.05) is 0 Å². The first-order valence-electron chi connectivity index (χ1n) is 4.35. The van der Waals surface area contributed by atoms with Gasteiger partial charge < -0.3 is 15.4 Å². The Balaban J connectivity index is 2.57. The van der Waals surface area contributed by atoms with Gasteiger partial charge in [0.2, 0.25) is 0 Å². The van der Waals surface area contributed by atoms with Crippen LogP contribution < -0.4 is 11.3 Å². The van der Waals surface area contributed by atoms with Gasteiger partial charge in [0.05, 0.1) is 10.4 Å². The summed E-state index contributed by atoms with van der Waals surface area (Å²) in [5, 5.41) is 12.7. The number of carboxylic acids is 1. The summed E-state index contributed by atoms with van der Waals surface area (Å²) in [5.41, 5.74) is 4.74. The Labute approximate surface area is 93.3 Å². The van der Waals surface area contributed by atoms with Gasteiger partial charge in [0.1, 0.15) is 6.04 Å². The number of nitrogens with two attached hydrogens (primary N) is 1. The minimum atomic E-state index is -1.39. The van der Waals surface area contributed by atoms with Gasteiger partial charge in [-0.05, 0) is 11.4 Å². The van der Waals surface area contributed by atoms with E-state index in [4.69, 9.17) is 15.4 Å². The maximum Gasteiger partial charge on any atom is 0.325 e. The van der Waals surface area contributed by atoms with Crippen LogP contribution in [0.3, 0.4) is 0 Å². The molecule has 1 atom stereocenters. The molecule has 4 N–H and O–H groups in total. The number of hydrogen-bond acceptors (Lipinski definition) is 5. The van der Waals surface area contributed by atoms with Crippen molar-refractivity contribution in [3.63, 3.8) is 0 Å². The van der Waals surface area contributed by atoms with Crippen molar-refractivity contribution in [1.82, 2.24) is 5.16 Å². The maximum atomic E-state index is 11.4. The number of aromatic nitrogens is 1. The molecule has 2 heterocycles. The van der Waals surface area contributed by atoms with Gasteiger partial charge in [-0.2, -0.15) is 5.16 Å². The molecule has 16 heavy (non-hydrogen) atoms. The highest BCUT2D eigenvalue weighted by molar-refractivity contribution is 7.13. The summed E-state index contributed by atoms with van der Waals surface area (Å²) in [7, 11) is 0. The lowest BCUT2D eigenvalue weighted by Crippen LogP contribution is -2.26. The van der Waals surface area contributed by atoms with Crippen LogP contribution >= 0.6 is 11.3 Å². The van der Waals surface area contributed by atoms with Crippen LogP contribution in [0.25, 0.3) is 10.6 Å². The molecule has 0 saturated heterocycles. The Morgan fingerprint density at radius 3 is 2.94 bits per heavy atom. The fraction of sp³-hybridized carbons (Fsp3) is 0.111. The normalized spacial score (nSPS) is 12.6. The molecule has 0 aromatic carbocycles. The van der Waals surface area contributed by atoms with E-state index in [0.717, 1.165) is 0 Å². The van der Waals surface area contributed by atoms with E-state index in [-0.39, 0.29) is 11.3 Å². The first-order chi connectivity index (χ1) is 7.61. The highest BCUT2D eigenvalue weighted by atomic mass is 32.1. The topological polar surface area (TPSA) is 109 Å². The van der Waals surface area contributed by atoms with E-state index in [9.17, 15) is 9.59 Å². The predicted molar refractivity (Wildman–Crippen MR) is 57.2 cm³/mol. The molecule has 7 heteroatoms. The average molecular weight is 240 g/mol. The summed E-state index contributed by atoms with van der Waals surface area (Å²) in [6, 6.07) is 2.09. The van der Waals surface area contributed by atoms with Crippen molar-refractivity contribution < 1.29 is 14.4 Å². The minimum Gasteiger partial charge on any atom is -0.480 e. The van der Waals surface area contributed by atoms with E-state index < -0.39 is 17.6 Å². The molecule has 0 aliphatic rings. The number of thiophene rings is 1. The summed E-state index contributed by atoms with van der Waals surface area (Å²) in [4.78, 5) is 22.8. The van der Waals surface area contributed by atoms with Gasteiger partial charge in [0, 0.05) is 0 Å². The van der Waals surface area contributed by atoms with Crippen LogP contribution in [0, 0.1) is 0 Å². The van der Waals surface area contributed by atoms with Crippen molar-refractivity contribution >= 4 is 17.3 Å². The van der Waals surface area contributed by atoms with Crippen LogP contribution in [0.1, 0.15) is 11.6 Å². The quantitative estimate of drug-likeness (QED) is 0.734. The van der Waals surface area contributed by atoms with Crippen LogP contribution in [0.15, 0.2) is 26.8 Å². The molecular formula is C9H8N2O4S. The SMILES string of the molecule is N[C@H](C(=O)O)c1c(-c2cccs2)o[nH]c1=O. The third-order valence-electron chi connectivity index (χ3n) is 2.06. The van der Waals surface area contributed by atoms with E-state index >= 15 is 0 Å². The number of hydrogen-bond donors (Lipinski definition) is 3. The molecule has 2 aromatic rings. The first-order valence-corrected chi connectivity index (χ1v) is 5.23. The first kappa shape index (κ1) is 10.7. The third kappa shape index (κ3) is 1.66. The lowest BCUT2D eigenvalue weighted by molar-refractivity contribution is -0.138. The van der Waals surface area contributed by atoms with Crippen molar-refractivity contribution in [2.24, 2.45) is 5.73 Å². The van der Waals surface area contributed by atoms with Crippen molar-refractivity contribution in [2.45, 2.75) is 6.04 Å². The molecule has 0 spiro atoms. The van der Waals surface area contributed by atoms with E-state index in [1.54, 1.807) is 17.5 Å². The number of carboxylic acid groups (broad SMARTS) is 1. The largest absolute Gasteiger partial charge is 0.480 e. The molecule has 0 aliphatic heterocycles. The van der Waals surface area contributed by atoms with E-state index in [0.29, 0.717) is 4.88 Å². The standard InChI is InChI=1S/C9H8N2O4S/c10-6(9(13)14)5-7(15-11-8(5)12)4-2-1-3-16-4/h1-3,6H,10H2,(H,11,12)(H,13,14)/t6-/m0/s1. The van der Waals surface area contributed by atoms with Gasteiger partial charge in [-0.3, -0.25) is 9.59 Å². The number of aliphatic carboxylic acids is 1. The summed E-state index contributed by atoms with van der Waals surface area (Å²) in [6.45, 7) is 0. The summed E-state index contributed by atoms with van der Waals surface area (Å²) in [5.74, 6) is -1.08. The second-order valence-electron chi connectivity index (χ2n) is 3.07. The molecule has 2 rings (SSSR count). The summed E-state index contributed by atoms with van der Waals surface area (Å²) in [6.07, 6.45) is 0. The van der Waals surface area contributed by atoms with Gasteiger partial charge in [-0.25, -0.2) is 0 Å². The van der Waals surface area contributed by atoms with Gasteiger partial charge in [0.25, 0.3) is 5.56 Å². The van der Waals surface area contributed by atoms with Crippen LogP contribution in [-0.4, -0.2) is 16.2 Å². The molecular weight excluding hydrogens is 232 g/mol. The van der Waals surface area contributed by atoms with Gasteiger partial charge in [-0.1, -0.05) is 6.07 Å². The molecule has 0 radical (unpaired) electrons. The number of carbonyl (C=O) groups is 1. The Kier molecular flexibility index (Phi) is 2.63. The lowest BCUT2D eigenvalue weighted by atomic mass is 10.1. The molecule has 0 unspecified atom stereocenters. The molecule has 84 valence electrons. The number of aromatic amines is 1. The highest BCUT2D eigenvalue weighted by Crippen LogP contribution is 2.28. The number of rotatable bonds is 3. The molecule has 0 bridgehead atoms. The number of H-pyrrole nitrogens is 1. The molecule has 0 amide bonds. The van der Waals surface area contributed by atoms with Gasteiger partial charge in [-0.15, -0.1) is 11.3 Å². The Morgan fingerprint density at radius 1 is 1.62 bits per heavy atom. The second kappa shape index (κ2) is 3.95. The zero-order valence-electron chi connectivity index (χ0n) is 7.97. The minimum absolute atomic E-state index is 0.0602. The van der Waals surface area contributed by atoms with Crippen molar-refractivity contribution in [3.8, 4) is 10.6 Å². The Morgan fingerprint density at radius 2 is 2.38 bits per heavy atom. The zero-order chi connectivity index (χ0) is 11.7. The van der Waals surface area contributed by atoms with E-state index in [2.05, 4.69) is 5.16 Å². The maximum absolute atomic E-state index is 11.4. The fourth-order valence-corrected chi connectivity index (χ4v) is 2.03. The highest BCUT2D eigenvalue weighted by Gasteiger charge is 2.26. The summed E-state index contributed by atoms with van der Waals surface area (Å²) < 4.78 is 4.94. The monoisotopic (exact) mass is 240 g/mol. The molecule has 6 nitrogen and oxygen atoms in total. The van der Waals surface area contributed by atoms with Crippen molar-refractivity contribution in [2.75, 3.05) is 0 Å². The van der Waals surface area contributed by atoms with Gasteiger partial charge >= 0.3 is 5.97 Å². The third-order valence-corrected chi connectivity index (χ3v) is 2.93. The van der Waals surface area contributed by atoms with Crippen LogP contribution in [0.5, 0.6) is 0 Å². The van der Waals surface area contributed by atoms with E-state index in [1.165, 1.54) is 11.3 Å². The summed E-state index contributed by atoms with van der Waals surface area (Å²) >= 11 is 1.33. The van der Waals surface area contributed by atoms with Gasteiger partial charge in [0.15, 0.2) is 5.76 Å². The fourth-order valence-electron chi connectivity index (χ4n) is 1.31. The van der Waals surface area contributed by atoms with Crippen molar-refractivity contribution in [3.05, 3.63) is 33.4 Å². The Bertz CT molecular complexity index is 554. The molecule has 0 saturated carbocycles. The lowest BCUT2D eigenvalue weighted by Gasteiger charge is -2.02. The van der Waals surface area contributed by atoms with Crippen molar-refractivity contribution in [1.29, 1.82) is 0 Å². The average Bonchev–Trinajstić information content (AvgIpc) is 2.84. The van der Waals surface area contributed by atoms with Crippen LogP contribution in [-0.2, 0) is 4.79 Å². The van der Waals surface area contributed by atoms with Crippen LogP contribution in [0.2, 0.25) is 0 Å².